The van der Waals surface area contributed by atoms with Crippen LogP contribution in [-0.4, -0.2) is 40.2 Å². The molecular weight excluding hydrogens is 316 g/mol. The van der Waals surface area contributed by atoms with E-state index in [1.807, 2.05) is 0 Å². The summed E-state index contributed by atoms with van der Waals surface area (Å²) in [5, 5.41) is 12.8. The van der Waals surface area contributed by atoms with Gasteiger partial charge in [0.1, 0.15) is 0 Å². The lowest BCUT2D eigenvalue weighted by Gasteiger charge is -2.02. The van der Waals surface area contributed by atoms with Gasteiger partial charge in [0, 0.05) is 12.3 Å². The third-order valence-electron chi connectivity index (χ3n) is 1.85. The maximum atomic E-state index is 11.5. The summed E-state index contributed by atoms with van der Waals surface area (Å²) in [5.74, 6) is 1.41. The normalized spacial score (nSPS) is 10.6. The third kappa shape index (κ3) is 7.11. The Morgan fingerprint density at radius 1 is 1.25 bits per heavy atom. The van der Waals surface area contributed by atoms with E-state index in [1.54, 1.807) is 18.7 Å². The van der Waals surface area contributed by atoms with Gasteiger partial charge in [-0.25, -0.2) is 4.79 Å². The second-order valence-corrected chi connectivity index (χ2v) is 7.70. The van der Waals surface area contributed by atoms with Crippen molar-refractivity contribution in [2.45, 2.75) is 29.5 Å². The van der Waals surface area contributed by atoms with Crippen LogP contribution in [0.5, 0.6) is 0 Å². The summed E-state index contributed by atoms with van der Waals surface area (Å²) in [6, 6.07) is -0.469. The number of amides is 3. The number of nitrogens with one attached hydrogen (secondary N) is 2. The summed E-state index contributed by atoms with van der Waals surface area (Å²) in [4.78, 5) is 22.6. The third-order valence-corrected chi connectivity index (χ3v) is 5.46. The van der Waals surface area contributed by atoms with Gasteiger partial charge in [0.2, 0.25) is 5.91 Å². The predicted octanol–water partition coefficient (Wildman–Crippen LogP) is 2.22. The average Bonchev–Trinajstić information content (AvgIpc) is 2.82. The molecule has 0 spiro atoms. The van der Waals surface area contributed by atoms with E-state index in [1.165, 1.54) is 23.1 Å². The SMILES string of the molecule is CCNC(=O)NC(=O)CSc1nnc(SCC(C)C)s1. The van der Waals surface area contributed by atoms with Crippen molar-refractivity contribution in [1.82, 2.24) is 20.8 Å². The van der Waals surface area contributed by atoms with Crippen LogP contribution in [0.3, 0.4) is 0 Å². The van der Waals surface area contributed by atoms with Crippen LogP contribution in [0.1, 0.15) is 20.8 Å². The van der Waals surface area contributed by atoms with Gasteiger partial charge >= 0.3 is 6.03 Å². The minimum absolute atomic E-state index is 0.153. The molecular formula is C11H18N4O2S3. The zero-order valence-corrected chi connectivity index (χ0v) is 14.1. The highest BCUT2D eigenvalue weighted by molar-refractivity contribution is 8.03. The number of carbonyl (C=O) groups is 2. The molecule has 0 radical (unpaired) electrons. The average molecular weight is 334 g/mol. The second-order valence-electron chi connectivity index (χ2n) is 4.24. The molecule has 6 nitrogen and oxygen atoms in total. The molecule has 0 fully saturated rings. The number of aromatic nitrogens is 2. The van der Waals surface area contributed by atoms with Gasteiger partial charge in [-0.1, -0.05) is 48.7 Å². The van der Waals surface area contributed by atoms with Crippen molar-refractivity contribution in [3.63, 3.8) is 0 Å². The number of nitrogens with zero attached hydrogens (tertiary/aromatic N) is 2. The molecule has 1 heterocycles. The van der Waals surface area contributed by atoms with Gasteiger partial charge < -0.3 is 5.32 Å². The summed E-state index contributed by atoms with van der Waals surface area (Å²) in [6.45, 7) is 6.57. The molecule has 0 bridgehead atoms. The summed E-state index contributed by atoms with van der Waals surface area (Å²) >= 11 is 4.42. The molecule has 1 aromatic rings. The highest BCUT2D eigenvalue weighted by Crippen LogP contribution is 2.29. The number of thioether (sulfide) groups is 2. The fourth-order valence-electron chi connectivity index (χ4n) is 1.05. The highest BCUT2D eigenvalue weighted by atomic mass is 32.2. The van der Waals surface area contributed by atoms with E-state index in [4.69, 9.17) is 0 Å². The summed E-state index contributed by atoms with van der Waals surface area (Å²) in [5.41, 5.74) is 0. The Balaban J connectivity index is 2.31. The fourth-order valence-corrected chi connectivity index (χ4v) is 3.84. The number of imide groups is 1. The van der Waals surface area contributed by atoms with Gasteiger partial charge in [0.25, 0.3) is 0 Å². The quantitative estimate of drug-likeness (QED) is 0.744. The molecule has 0 saturated carbocycles. The van der Waals surface area contributed by atoms with Crippen molar-refractivity contribution in [3.05, 3.63) is 0 Å². The van der Waals surface area contributed by atoms with E-state index in [0.29, 0.717) is 12.5 Å². The Labute approximate surface area is 130 Å². The van der Waals surface area contributed by atoms with Gasteiger partial charge in [-0.2, -0.15) is 0 Å². The lowest BCUT2D eigenvalue weighted by atomic mass is 10.3. The van der Waals surface area contributed by atoms with E-state index < -0.39 is 6.03 Å². The van der Waals surface area contributed by atoms with Crippen LogP contribution in [0, 0.1) is 5.92 Å². The molecule has 1 aromatic heterocycles. The Morgan fingerprint density at radius 2 is 1.90 bits per heavy atom. The Kier molecular flexibility index (Phi) is 7.93. The first-order valence-corrected chi connectivity index (χ1v) is 8.96. The Bertz CT molecular complexity index is 451. The van der Waals surface area contributed by atoms with Gasteiger partial charge in [-0.05, 0) is 12.8 Å². The molecule has 112 valence electrons. The standard InChI is InChI=1S/C11H18N4O2S3/c1-4-12-9(17)13-8(16)6-19-11-15-14-10(20-11)18-5-7(2)3/h7H,4-6H2,1-3H3,(H2,12,13,16,17). The Hall–Kier alpha value is -0.800. The molecule has 0 aliphatic rings. The fraction of sp³-hybridized carbons (Fsp3) is 0.636. The predicted molar refractivity (Wildman–Crippen MR) is 83.4 cm³/mol. The highest BCUT2D eigenvalue weighted by Gasteiger charge is 2.11. The van der Waals surface area contributed by atoms with E-state index in [-0.39, 0.29) is 11.7 Å². The monoisotopic (exact) mass is 334 g/mol. The number of rotatable bonds is 7. The molecule has 1 rings (SSSR count). The van der Waals surface area contributed by atoms with Crippen LogP contribution in [0.25, 0.3) is 0 Å². The van der Waals surface area contributed by atoms with Crippen LogP contribution in [0.2, 0.25) is 0 Å². The molecule has 0 aliphatic carbocycles. The zero-order valence-electron chi connectivity index (χ0n) is 11.6. The molecule has 0 aromatic carbocycles. The first-order valence-electron chi connectivity index (χ1n) is 6.18. The summed E-state index contributed by atoms with van der Waals surface area (Å²) in [7, 11) is 0. The number of hydrogen-bond donors (Lipinski definition) is 2. The maximum absolute atomic E-state index is 11.5. The van der Waals surface area contributed by atoms with Crippen LogP contribution in [0.4, 0.5) is 4.79 Å². The van der Waals surface area contributed by atoms with Crippen LogP contribution in [0.15, 0.2) is 8.68 Å². The van der Waals surface area contributed by atoms with Crippen LogP contribution < -0.4 is 10.6 Å². The van der Waals surface area contributed by atoms with Crippen molar-refractivity contribution < 1.29 is 9.59 Å². The maximum Gasteiger partial charge on any atom is 0.321 e. The molecule has 0 aliphatic heterocycles. The van der Waals surface area contributed by atoms with Crippen molar-refractivity contribution in [3.8, 4) is 0 Å². The van der Waals surface area contributed by atoms with E-state index in [0.717, 1.165) is 14.4 Å². The summed E-state index contributed by atoms with van der Waals surface area (Å²) < 4.78 is 1.65. The van der Waals surface area contributed by atoms with E-state index in [2.05, 4.69) is 34.7 Å². The molecule has 0 atom stereocenters. The van der Waals surface area contributed by atoms with E-state index in [9.17, 15) is 9.59 Å². The van der Waals surface area contributed by atoms with Crippen LogP contribution >= 0.6 is 34.9 Å². The zero-order chi connectivity index (χ0) is 15.0. The molecule has 9 heteroatoms. The van der Waals surface area contributed by atoms with Crippen molar-refractivity contribution in [2.75, 3.05) is 18.1 Å². The first-order chi connectivity index (χ1) is 9.51. The largest absolute Gasteiger partial charge is 0.338 e. The topological polar surface area (TPSA) is 84.0 Å². The summed E-state index contributed by atoms with van der Waals surface area (Å²) in [6.07, 6.45) is 0. The van der Waals surface area contributed by atoms with Gasteiger partial charge in [0.05, 0.1) is 5.75 Å². The Morgan fingerprint density at radius 3 is 2.50 bits per heavy atom. The van der Waals surface area contributed by atoms with Crippen molar-refractivity contribution in [2.24, 2.45) is 5.92 Å². The molecule has 0 saturated heterocycles. The smallest absolute Gasteiger partial charge is 0.321 e. The second kappa shape index (κ2) is 9.19. The van der Waals surface area contributed by atoms with Crippen molar-refractivity contribution >= 4 is 46.8 Å². The van der Waals surface area contributed by atoms with Crippen LogP contribution in [-0.2, 0) is 4.79 Å². The molecule has 2 N–H and O–H groups in total. The van der Waals surface area contributed by atoms with Gasteiger partial charge in [-0.15, -0.1) is 10.2 Å². The van der Waals surface area contributed by atoms with Gasteiger partial charge in [0.15, 0.2) is 8.68 Å². The van der Waals surface area contributed by atoms with Gasteiger partial charge in [-0.3, -0.25) is 10.1 Å². The number of urea groups is 1. The first kappa shape index (κ1) is 17.3. The lowest BCUT2D eigenvalue weighted by Crippen LogP contribution is -2.40. The number of hydrogen-bond acceptors (Lipinski definition) is 7. The molecule has 3 amide bonds. The number of carbonyl (C=O) groups excluding carboxylic acids is 2. The lowest BCUT2D eigenvalue weighted by molar-refractivity contribution is -0.117. The minimum Gasteiger partial charge on any atom is -0.338 e. The molecule has 0 unspecified atom stereocenters. The molecule has 20 heavy (non-hydrogen) atoms. The van der Waals surface area contributed by atoms with E-state index >= 15 is 0 Å². The van der Waals surface area contributed by atoms with Crippen molar-refractivity contribution in [1.29, 1.82) is 0 Å². The minimum atomic E-state index is -0.469.